The van der Waals surface area contributed by atoms with Gasteiger partial charge in [0.15, 0.2) is 11.5 Å². The first-order chi connectivity index (χ1) is 10.8. The van der Waals surface area contributed by atoms with Gasteiger partial charge in [0, 0.05) is 38.3 Å². The normalized spacial score (nSPS) is 17.8. The predicted octanol–water partition coefficient (Wildman–Crippen LogP) is 3.16. The molecule has 0 spiro atoms. The molecule has 0 atom stereocenters. The number of rotatable bonds is 1. The van der Waals surface area contributed by atoms with Crippen LogP contribution in [0, 0.1) is 0 Å². The van der Waals surface area contributed by atoms with E-state index in [-0.39, 0.29) is 0 Å². The van der Waals surface area contributed by atoms with Gasteiger partial charge in [-0.05, 0) is 25.2 Å². The van der Waals surface area contributed by atoms with Crippen LogP contribution in [-0.4, -0.2) is 38.1 Å². The maximum Gasteiger partial charge on any atom is 0.155 e. The molecule has 2 aliphatic rings. The van der Waals surface area contributed by atoms with Gasteiger partial charge in [0.2, 0.25) is 0 Å². The highest BCUT2D eigenvalue weighted by molar-refractivity contribution is 5.68. The van der Waals surface area contributed by atoms with Gasteiger partial charge in [-0.15, -0.1) is 0 Å². The first-order valence-corrected chi connectivity index (χ1v) is 7.87. The van der Waals surface area contributed by atoms with Gasteiger partial charge in [-0.3, -0.25) is 0 Å². The Bertz CT molecular complexity index is 678. The van der Waals surface area contributed by atoms with Crippen molar-refractivity contribution >= 4 is 11.4 Å². The van der Waals surface area contributed by atoms with Crippen molar-refractivity contribution in [3.8, 4) is 11.5 Å². The lowest BCUT2D eigenvalue weighted by Gasteiger charge is -2.35. The van der Waals surface area contributed by atoms with Gasteiger partial charge in [-0.25, -0.2) is 0 Å². The lowest BCUT2D eigenvalue weighted by Crippen LogP contribution is -2.44. The van der Waals surface area contributed by atoms with Gasteiger partial charge in [-0.1, -0.05) is 24.3 Å². The Morgan fingerprint density at radius 1 is 0.955 bits per heavy atom. The molecule has 22 heavy (non-hydrogen) atoms. The summed E-state index contributed by atoms with van der Waals surface area (Å²) in [5, 5.41) is 3.47. The second kappa shape index (κ2) is 5.54. The van der Waals surface area contributed by atoms with E-state index in [9.17, 15) is 0 Å². The molecule has 2 aromatic rings. The molecule has 0 radical (unpaired) electrons. The third kappa shape index (κ3) is 2.40. The van der Waals surface area contributed by atoms with E-state index in [4.69, 9.17) is 4.74 Å². The topological polar surface area (TPSA) is 27.7 Å². The Morgan fingerprint density at radius 3 is 2.64 bits per heavy atom. The number of anilines is 2. The lowest BCUT2D eigenvalue weighted by atomic mass is 10.1. The highest BCUT2D eigenvalue weighted by atomic mass is 16.5. The zero-order valence-corrected chi connectivity index (χ0v) is 12.9. The molecule has 0 aromatic heterocycles. The number of piperazine rings is 1. The summed E-state index contributed by atoms with van der Waals surface area (Å²) in [6.07, 6.45) is 0. The molecule has 0 aliphatic carbocycles. The zero-order valence-electron chi connectivity index (χ0n) is 12.9. The largest absolute Gasteiger partial charge is 0.453 e. The van der Waals surface area contributed by atoms with Crippen LogP contribution in [0.3, 0.4) is 0 Å². The van der Waals surface area contributed by atoms with Gasteiger partial charge < -0.3 is 19.9 Å². The number of hydrogen-bond acceptors (Lipinski definition) is 4. The predicted molar refractivity (Wildman–Crippen MR) is 90.0 cm³/mol. The van der Waals surface area contributed by atoms with Crippen molar-refractivity contribution in [2.45, 2.75) is 6.54 Å². The molecule has 114 valence electrons. The monoisotopic (exact) mass is 295 g/mol. The molecule has 0 amide bonds. The molecule has 4 rings (SSSR count). The van der Waals surface area contributed by atoms with Crippen molar-refractivity contribution in [1.29, 1.82) is 0 Å². The number of fused-ring (bicyclic) bond motifs is 2. The van der Waals surface area contributed by atoms with E-state index in [1.54, 1.807) is 0 Å². The quantitative estimate of drug-likeness (QED) is 0.874. The number of benzene rings is 2. The summed E-state index contributed by atoms with van der Waals surface area (Å²) in [6, 6.07) is 14.6. The van der Waals surface area contributed by atoms with Gasteiger partial charge in [0.05, 0.1) is 11.4 Å². The molecule has 0 bridgehead atoms. The molecule has 4 heteroatoms. The third-order valence-electron chi connectivity index (χ3n) is 4.49. The van der Waals surface area contributed by atoms with E-state index in [2.05, 4.69) is 46.4 Å². The Hall–Kier alpha value is -2.20. The smallest absolute Gasteiger partial charge is 0.155 e. The zero-order chi connectivity index (χ0) is 14.9. The Kier molecular flexibility index (Phi) is 3.39. The van der Waals surface area contributed by atoms with E-state index < -0.39 is 0 Å². The molecule has 1 saturated heterocycles. The van der Waals surface area contributed by atoms with Crippen LogP contribution in [0.15, 0.2) is 42.5 Å². The summed E-state index contributed by atoms with van der Waals surface area (Å²) in [5.74, 6) is 1.91. The molecule has 2 heterocycles. The second-order valence-corrected chi connectivity index (χ2v) is 6.01. The molecule has 0 unspecified atom stereocenters. The summed E-state index contributed by atoms with van der Waals surface area (Å²) < 4.78 is 6.30. The number of likely N-dealkylation sites (N-methyl/N-ethyl adjacent to an activating group) is 1. The van der Waals surface area contributed by atoms with Crippen LogP contribution < -0.4 is 15.0 Å². The maximum atomic E-state index is 6.30. The van der Waals surface area contributed by atoms with E-state index in [1.807, 2.05) is 18.2 Å². The number of ether oxygens (including phenoxy) is 1. The molecular formula is C18H21N3O. The third-order valence-corrected chi connectivity index (χ3v) is 4.49. The molecule has 2 aromatic carbocycles. The number of para-hydroxylation sites is 3. The number of hydrogen-bond donors (Lipinski definition) is 1. The van der Waals surface area contributed by atoms with E-state index in [0.717, 1.165) is 49.9 Å². The van der Waals surface area contributed by atoms with E-state index >= 15 is 0 Å². The van der Waals surface area contributed by atoms with Crippen molar-refractivity contribution < 1.29 is 4.74 Å². The van der Waals surface area contributed by atoms with Crippen molar-refractivity contribution in [2.24, 2.45) is 0 Å². The van der Waals surface area contributed by atoms with Gasteiger partial charge in [-0.2, -0.15) is 0 Å². The highest BCUT2D eigenvalue weighted by Crippen LogP contribution is 2.41. The summed E-state index contributed by atoms with van der Waals surface area (Å²) >= 11 is 0. The van der Waals surface area contributed by atoms with Crippen LogP contribution in [0.4, 0.5) is 11.4 Å². The van der Waals surface area contributed by atoms with Crippen molar-refractivity contribution in [2.75, 3.05) is 43.4 Å². The van der Waals surface area contributed by atoms with Crippen LogP contribution >= 0.6 is 0 Å². The van der Waals surface area contributed by atoms with Crippen LogP contribution in [0.5, 0.6) is 11.5 Å². The van der Waals surface area contributed by atoms with Crippen molar-refractivity contribution in [3.63, 3.8) is 0 Å². The minimum atomic E-state index is 0.800. The molecular weight excluding hydrogens is 274 g/mol. The molecule has 0 saturated carbocycles. The lowest BCUT2D eigenvalue weighted by molar-refractivity contribution is 0.311. The number of nitrogens with one attached hydrogen (secondary N) is 1. The minimum absolute atomic E-state index is 0.800. The molecule has 2 aliphatic heterocycles. The van der Waals surface area contributed by atoms with Crippen molar-refractivity contribution in [3.05, 3.63) is 48.0 Å². The van der Waals surface area contributed by atoms with Crippen LogP contribution in [0.1, 0.15) is 5.56 Å². The van der Waals surface area contributed by atoms with Gasteiger partial charge >= 0.3 is 0 Å². The maximum absolute atomic E-state index is 6.30. The summed E-state index contributed by atoms with van der Waals surface area (Å²) in [5.41, 5.74) is 3.49. The van der Waals surface area contributed by atoms with Gasteiger partial charge in [0.25, 0.3) is 0 Å². The van der Waals surface area contributed by atoms with Crippen LogP contribution in [-0.2, 0) is 6.54 Å². The first kappa shape index (κ1) is 13.5. The minimum Gasteiger partial charge on any atom is -0.453 e. The second-order valence-electron chi connectivity index (χ2n) is 6.01. The molecule has 1 N–H and O–H groups in total. The van der Waals surface area contributed by atoms with Crippen molar-refractivity contribution in [1.82, 2.24) is 4.90 Å². The number of nitrogens with zero attached hydrogens (tertiary/aromatic N) is 2. The standard InChI is InChI=1S/C18H21N3O/c1-20-9-11-21(12-10-20)16-7-4-5-14-13-19-15-6-2-3-8-17(15)22-18(14)16/h2-8,19H,9-13H2,1H3. The summed E-state index contributed by atoms with van der Waals surface area (Å²) in [6.45, 7) is 5.09. The summed E-state index contributed by atoms with van der Waals surface area (Å²) in [7, 11) is 2.18. The Labute approximate surface area is 131 Å². The van der Waals surface area contributed by atoms with E-state index in [0.29, 0.717) is 0 Å². The average Bonchev–Trinajstić information content (AvgIpc) is 2.75. The van der Waals surface area contributed by atoms with Gasteiger partial charge in [0.1, 0.15) is 0 Å². The SMILES string of the molecule is CN1CCN(c2cccc3c2Oc2ccccc2NC3)CC1. The fourth-order valence-corrected chi connectivity index (χ4v) is 3.13. The summed E-state index contributed by atoms with van der Waals surface area (Å²) in [4.78, 5) is 4.81. The van der Waals surface area contributed by atoms with Crippen LogP contribution in [0.25, 0.3) is 0 Å². The van der Waals surface area contributed by atoms with E-state index in [1.165, 1.54) is 11.3 Å². The Balaban J connectivity index is 1.71. The van der Waals surface area contributed by atoms with Crippen LogP contribution in [0.2, 0.25) is 0 Å². The fraction of sp³-hybridized carbons (Fsp3) is 0.333. The average molecular weight is 295 g/mol. The first-order valence-electron chi connectivity index (χ1n) is 7.87. The fourth-order valence-electron chi connectivity index (χ4n) is 3.13. The highest BCUT2D eigenvalue weighted by Gasteiger charge is 2.22. The molecule has 4 nitrogen and oxygen atoms in total. The Morgan fingerprint density at radius 2 is 1.77 bits per heavy atom. The molecule has 1 fully saturated rings.